The van der Waals surface area contributed by atoms with Crippen LogP contribution in [0.2, 0.25) is 0 Å². The van der Waals surface area contributed by atoms with Gasteiger partial charge in [0, 0.05) is 43.1 Å². The fourth-order valence-electron chi connectivity index (χ4n) is 6.58. The zero-order chi connectivity index (χ0) is 24.9. The zero-order valence-electron chi connectivity index (χ0n) is 19.8. The Morgan fingerprint density at radius 1 is 0.541 bits per heavy atom. The van der Waals surface area contributed by atoms with Gasteiger partial charge in [0.05, 0.1) is 5.41 Å². The van der Waals surface area contributed by atoms with Crippen molar-refractivity contribution in [3.05, 3.63) is 130 Å². The maximum absolute atomic E-state index is 6.95. The highest BCUT2D eigenvalue weighted by atomic mass is 79.9. The van der Waals surface area contributed by atoms with E-state index in [4.69, 9.17) is 16.2 Å². The smallest absolute Gasteiger partial charge is 0.140 e. The highest BCUT2D eigenvalue weighted by Crippen LogP contribution is 2.64. The van der Waals surface area contributed by atoms with Crippen molar-refractivity contribution in [1.29, 1.82) is 0 Å². The predicted molar refractivity (Wildman–Crippen MR) is 155 cm³/mol. The number of nitrogen functional groups attached to an aromatic ring is 2. The van der Waals surface area contributed by atoms with Crippen LogP contribution < -0.4 is 16.2 Å². The zero-order valence-corrected chi connectivity index (χ0v) is 21.3. The number of nitrogens with two attached hydrogens (primary N) is 2. The first-order valence-electron chi connectivity index (χ1n) is 12.3. The van der Waals surface area contributed by atoms with E-state index in [-0.39, 0.29) is 0 Å². The van der Waals surface area contributed by atoms with Crippen LogP contribution in [0.1, 0.15) is 22.3 Å². The largest absolute Gasteiger partial charge is 0.455 e. The first-order chi connectivity index (χ1) is 18.1. The topological polar surface area (TPSA) is 61.3 Å². The lowest BCUT2D eigenvalue weighted by molar-refractivity contribution is 0.447. The van der Waals surface area contributed by atoms with Gasteiger partial charge in [0.2, 0.25) is 0 Å². The maximum atomic E-state index is 6.95. The first-order valence-corrected chi connectivity index (χ1v) is 13.1. The summed E-state index contributed by atoms with van der Waals surface area (Å²) in [5, 5.41) is 4.16. The summed E-state index contributed by atoms with van der Waals surface area (Å²) in [5.41, 5.74) is 20.9. The van der Waals surface area contributed by atoms with Crippen molar-refractivity contribution < 1.29 is 4.74 Å². The van der Waals surface area contributed by atoms with Crippen molar-refractivity contribution in [2.75, 3.05) is 11.5 Å². The number of hydrogen-bond acceptors (Lipinski definition) is 3. The van der Waals surface area contributed by atoms with Crippen molar-refractivity contribution in [2.24, 2.45) is 0 Å². The molecular formula is C33H21BrN2O. The average Bonchev–Trinajstić information content (AvgIpc) is 3.21. The van der Waals surface area contributed by atoms with Crippen LogP contribution in [0, 0.1) is 0 Å². The Balaban J connectivity index is 1.66. The molecule has 0 bridgehead atoms. The summed E-state index contributed by atoms with van der Waals surface area (Å²) in [4.78, 5) is 0. The fourth-order valence-corrected chi connectivity index (χ4v) is 7.16. The van der Waals surface area contributed by atoms with Crippen molar-refractivity contribution in [2.45, 2.75) is 5.41 Å². The highest BCUT2D eigenvalue weighted by molar-refractivity contribution is 9.10. The van der Waals surface area contributed by atoms with Gasteiger partial charge in [-0.15, -0.1) is 0 Å². The van der Waals surface area contributed by atoms with E-state index < -0.39 is 5.41 Å². The molecule has 6 aromatic carbocycles. The van der Waals surface area contributed by atoms with E-state index in [2.05, 4.69) is 101 Å². The molecule has 0 saturated heterocycles. The molecule has 1 unspecified atom stereocenters. The number of anilines is 2. The Morgan fingerprint density at radius 3 is 1.92 bits per heavy atom. The van der Waals surface area contributed by atoms with E-state index in [0.29, 0.717) is 0 Å². The van der Waals surface area contributed by atoms with Crippen LogP contribution in [0.4, 0.5) is 11.4 Å². The molecule has 4 heteroatoms. The molecule has 1 heterocycles. The molecule has 0 radical (unpaired) electrons. The van der Waals surface area contributed by atoms with Crippen LogP contribution in [0.15, 0.2) is 108 Å². The quantitative estimate of drug-likeness (QED) is 0.190. The number of fused-ring (bicyclic) bond motifs is 13. The molecule has 0 saturated carbocycles. The molecule has 0 amide bonds. The Bertz CT molecular complexity index is 1870. The minimum Gasteiger partial charge on any atom is -0.455 e. The Morgan fingerprint density at radius 2 is 1.14 bits per heavy atom. The molecule has 37 heavy (non-hydrogen) atoms. The second-order valence-corrected chi connectivity index (χ2v) is 10.7. The molecule has 6 aromatic rings. The van der Waals surface area contributed by atoms with Crippen LogP contribution in [0.25, 0.3) is 32.7 Å². The fraction of sp³-hybridized carbons (Fsp3) is 0.0303. The Labute approximate surface area is 222 Å². The van der Waals surface area contributed by atoms with Gasteiger partial charge in [-0.05, 0) is 51.9 Å². The monoisotopic (exact) mass is 540 g/mol. The lowest BCUT2D eigenvalue weighted by atomic mass is 9.65. The van der Waals surface area contributed by atoms with Gasteiger partial charge < -0.3 is 16.2 Å². The van der Waals surface area contributed by atoms with E-state index in [0.717, 1.165) is 65.6 Å². The van der Waals surface area contributed by atoms with E-state index >= 15 is 0 Å². The van der Waals surface area contributed by atoms with Gasteiger partial charge in [-0.25, -0.2) is 0 Å². The van der Waals surface area contributed by atoms with E-state index in [1.807, 2.05) is 18.2 Å². The number of benzene rings is 6. The van der Waals surface area contributed by atoms with Gasteiger partial charge in [-0.1, -0.05) is 94.8 Å². The number of rotatable bonds is 0. The summed E-state index contributed by atoms with van der Waals surface area (Å²) < 4.78 is 7.98. The van der Waals surface area contributed by atoms with Gasteiger partial charge in [-0.3, -0.25) is 0 Å². The normalized spacial score (nSPS) is 16.8. The van der Waals surface area contributed by atoms with Gasteiger partial charge in [0.25, 0.3) is 0 Å². The first kappa shape index (κ1) is 20.9. The second-order valence-electron chi connectivity index (χ2n) is 9.87. The number of hydrogen-bond donors (Lipinski definition) is 2. The molecule has 1 spiro atoms. The van der Waals surface area contributed by atoms with Crippen LogP contribution in [-0.2, 0) is 5.41 Å². The molecule has 4 N–H and O–H groups in total. The van der Waals surface area contributed by atoms with Crippen molar-refractivity contribution in [3.63, 3.8) is 0 Å². The molecule has 2 aliphatic rings. The van der Waals surface area contributed by atoms with Gasteiger partial charge >= 0.3 is 0 Å². The minimum absolute atomic E-state index is 0.644. The molecular weight excluding hydrogens is 520 g/mol. The second kappa shape index (κ2) is 7.15. The molecule has 1 aliphatic carbocycles. The van der Waals surface area contributed by atoms with E-state index in [1.54, 1.807) is 0 Å². The Hall–Kier alpha value is -4.28. The van der Waals surface area contributed by atoms with Crippen molar-refractivity contribution in [3.8, 4) is 22.6 Å². The summed E-state index contributed by atoms with van der Waals surface area (Å²) in [7, 11) is 0. The molecule has 1 aliphatic heterocycles. The van der Waals surface area contributed by atoms with E-state index in [9.17, 15) is 0 Å². The summed E-state index contributed by atoms with van der Waals surface area (Å²) in [6.07, 6.45) is 0. The van der Waals surface area contributed by atoms with Crippen LogP contribution in [0.5, 0.6) is 11.5 Å². The third-order valence-corrected chi connectivity index (χ3v) is 8.71. The average molecular weight is 541 g/mol. The molecule has 3 nitrogen and oxygen atoms in total. The summed E-state index contributed by atoms with van der Waals surface area (Å²) in [6.45, 7) is 0. The predicted octanol–water partition coefficient (Wildman–Crippen LogP) is 8.39. The lowest BCUT2D eigenvalue weighted by Crippen LogP contribution is -2.32. The Kier molecular flexibility index (Phi) is 4.03. The van der Waals surface area contributed by atoms with Crippen molar-refractivity contribution in [1.82, 2.24) is 0 Å². The molecule has 1 atom stereocenters. The summed E-state index contributed by atoms with van der Waals surface area (Å²) in [6, 6.07) is 35.9. The van der Waals surface area contributed by atoms with Crippen LogP contribution >= 0.6 is 15.9 Å². The minimum atomic E-state index is -0.644. The van der Waals surface area contributed by atoms with Crippen LogP contribution in [0.3, 0.4) is 0 Å². The standard InChI is InChI=1S/C33H21BrN2O/c34-29-16-27-31(23-10-3-1-8-21(23)29)37-32-24-11-4-2-9-22(24)30(36)17-28(32)33(27)25-12-6-5-7-19(25)20-14-13-18(35)15-26(20)33/h1-17H,35-36H2. The van der Waals surface area contributed by atoms with Crippen LogP contribution in [-0.4, -0.2) is 0 Å². The molecule has 8 rings (SSSR count). The molecule has 176 valence electrons. The molecule has 0 fully saturated rings. The van der Waals surface area contributed by atoms with Gasteiger partial charge in [0.15, 0.2) is 0 Å². The maximum Gasteiger partial charge on any atom is 0.140 e. The highest BCUT2D eigenvalue weighted by Gasteiger charge is 2.52. The molecule has 0 aromatic heterocycles. The number of ether oxygens (including phenoxy) is 1. The SMILES string of the molecule is Nc1ccc2c(c1)C1(c3ccccc3-2)c2cc(N)c3ccccc3c2Oc2c1cc(Br)c1ccccc21. The third-order valence-electron chi connectivity index (χ3n) is 8.05. The van der Waals surface area contributed by atoms with Gasteiger partial charge in [-0.2, -0.15) is 0 Å². The summed E-state index contributed by atoms with van der Waals surface area (Å²) >= 11 is 3.89. The number of halogens is 1. The van der Waals surface area contributed by atoms with Gasteiger partial charge in [0.1, 0.15) is 11.5 Å². The van der Waals surface area contributed by atoms with Crippen molar-refractivity contribution >= 4 is 48.8 Å². The lowest BCUT2D eigenvalue weighted by Gasteiger charge is -2.40. The summed E-state index contributed by atoms with van der Waals surface area (Å²) in [5.74, 6) is 1.71. The van der Waals surface area contributed by atoms with E-state index in [1.165, 1.54) is 16.7 Å². The third kappa shape index (κ3) is 2.51.